The van der Waals surface area contributed by atoms with Gasteiger partial charge in [0, 0.05) is 11.6 Å². The van der Waals surface area contributed by atoms with Crippen molar-refractivity contribution in [2.75, 3.05) is 14.2 Å². The first-order valence-corrected chi connectivity index (χ1v) is 8.25. The largest absolute Gasteiger partial charge is 0.493 e. The Morgan fingerprint density at radius 2 is 1.88 bits per heavy atom. The Morgan fingerprint density at radius 1 is 1.19 bits per heavy atom. The maximum atomic E-state index is 12.5. The first-order valence-electron chi connectivity index (χ1n) is 7.88. The Hall–Kier alpha value is -2.80. The molecule has 26 heavy (non-hydrogen) atoms. The van der Waals surface area contributed by atoms with Crippen LogP contribution in [-0.4, -0.2) is 25.1 Å². The zero-order valence-electron chi connectivity index (χ0n) is 14.6. The first kappa shape index (κ1) is 19.5. The second-order valence-electron chi connectivity index (χ2n) is 5.47. The highest BCUT2D eigenvalue weighted by Crippen LogP contribution is 2.31. The predicted octanol–water partition coefficient (Wildman–Crippen LogP) is 4.15. The molecule has 0 saturated heterocycles. The van der Waals surface area contributed by atoms with E-state index >= 15 is 0 Å². The van der Waals surface area contributed by atoms with Gasteiger partial charge in [-0.05, 0) is 36.2 Å². The number of nitrogens with one attached hydrogen (secondary N) is 1. The highest BCUT2D eigenvalue weighted by atomic mass is 35.5. The van der Waals surface area contributed by atoms with E-state index in [-0.39, 0.29) is 22.3 Å². The Balaban J connectivity index is 2.26. The van der Waals surface area contributed by atoms with Crippen LogP contribution in [-0.2, 0) is 0 Å². The van der Waals surface area contributed by atoms with Crippen LogP contribution in [0.1, 0.15) is 35.3 Å². The number of rotatable bonds is 7. The molecule has 0 radical (unpaired) electrons. The van der Waals surface area contributed by atoms with E-state index in [0.717, 1.165) is 5.56 Å². The van der Waals surface area contributed by atoms with E-state index in [0.29, 0.717) is 17.9 Å². The fourth-order valence-electron chi connectivity index (χ4n) is 2.53. The van der Waals surface area contributed by atoms with Crippen molar-refractivity contribution in [1.29, 1.82) is 0 Å². The van der Waals surface area contributed by atoms with E-state index in [9.17, 15) is 14.9 Å². The summed E-state index contributed by atoms with van der Waals surface area (Å²) in [5.74, 6) is 0.719. The summed E-state index contributed by atoms with van der Waals surface area (Å²) in [7, 11) is 3.08. The van der Waals surface area contributed by atoms with Crippen molar-refractivity contribution in [2.24, 2.45) is 0 Å². The van der Waals surface area contributed by atoms with Crippen molar-refractivity contribution in [3.63, 3.8) is 0 Å². The van der Waals surface area contributed by atoms with Gasteiger partial charge in [-0.2, -0.15) is 0 Å². The fraction of sp³-hybridized carbons (Fsp3) is 0.278. The lowest BCUT2D eigenvalue weighted by Crippen LogP contribution is -2.28. The number of carbonyl (C=O) groups excluding carboxylic acids is 1. The average Bonchev–Trinajstić information content (AvgIpc) is 2.65. The molecule has 0 fully saturated rings. The highest BCUT2D eigenvalue weighted by Gasteiger charge is 2.19. The third-order valence-electron chi connectivity index (χ3n) is 3.93. The number of nitro groups is 1. The smallest absolute Gasteiger partial charge is 0.288 e. The molecule has 2 aromatic rings. The van der Waals surface area contributed by atoms with Crippen molar-refractivity contribution in [3.05, 3.63) is 62.7 Å². The molecule has 0 spiro atoms. The van der Waals surface area contributed by atoms with Gasteiger partial charge in [0.05, 0.1) is 25.2 Å². The number of hydrogen-bond donors (Lipinski definition) is 1. The lowest BCUT2D eigenvalue weighted by molar-refractivity contribution is -0.384. The number of ether oxygens (including phenoxy) is 2. The minimum atomic E-state index is -0.620. The Morgan fingerprint density at radius 3 is 2.46 bits per heavy atom. The summed E-state index contributed by atoms with van der Waals surface area (Å²) in [4.78, 5) is 22.9. The van der Waals surface area contributed by atoms with Crippen LogP contribution in [0.2, 0.25) is 5.02 Å². The average molecular weight is 379 g/mol. The second kappa shape index (κ2) is 8.53. The van der Waals surface area contributed by atoms with Crippen molar-refractivity contribution < 1.29 is 19.2 Å². The fourth-order valence-corrected chi connectivity index (χ4v) is 2.71. The molecule has 2 rings (SSSR count). The maximum Gasteiger partial charge on any atom is 0.288 e. The number of nitrogens with zero attached hydrogens (tertiary/aromatic N) is 1. The molecular formula is C18H19ClN2O5. The zero-order valence-corrected chi connectivity index (χ0v) is 15.4. The molecule has 1 amide bonds. The van der Waals surface area contributed by atoms with Gasteiger partial charge in [0.2, 0.25) is 0 Å². The molecule has 0 aliphatic heterocycles. The minimum Gasteiger partial charge on any atom is -0.493 e. The number of carbonyl (C=O) groups is 1. The Labute approximate surface area is 156 Å². The van der Waals surface area contributed by atoms with Gasteiger partial charge in [0.25, 0.3) is 11.6 Å². The SMILES string of the molecule is CC[C@H](NC(=O)c1ccc(Cl)c([N+](=O)[O-])c1)c1ccc(OC)c(OC)c1. The van der Waals surface area contributed by atoms with Gasteiger partial charge in [-0.15, -0.1) is 0 Å². The second-order valence-corrected chi connectivity index (χ2v) is 5.88. The van der Waals surface area contributed by atoms with Crippen LogP contribution in [0.4, 0.5) is 5.69 Å². The predicted molar refractivity (Wildman–Crippen MR) is 98.2 cm³/mol. The summed E-state index contributed by atoms with van der Waals surface area (Å²) >= 11 is 5.79. The van der Waals surface area contributed by atoms with Crippen LogP contribution >= 0.6 is 11.6 Å². The molecule has 138 valence electrons. The van der Waals surface area contributed by atoms with Crippen molar-refractivity contribution in [1.82, 2.24) is 5.32 Å². The number of amides is 1. The van der Waals surface area contributed by atoms with Crippen LogP contribution < -0.4 is 14.8 Å². The summed E-state index contributed by atoms with van der Waals surface area (Å²) in [5.41, 5.74) is 0.695. The van der Waals surface area contributed by atoms with Crippen molar-refractivity contribution in [3.8, 4) is 11.5 Å². The third-order valence-corrected chi connectivity index (χ3v) is 4.25. The summed E-state index contributed by atoms with van der Waals surface area (Å²) in [6.45, 7) is 1.92. The summed E-state index contributed by atoms with van der Waals surface area (Å²) in [6.07, 6.45) is 0.622. The van der Waals surface area contributed by atoms with Crippen LogP contribution in [0.25, 0.3) is 0 Å². The Bertz CT molecular complexity index is 825. The number of methoxy groups -OCH3 is 2. The molecular weight excluding hydrogens is 360 g/mol. The van der Waals surface area contributed by atoms with E-state index in [4.69, 9.17) is 21.1 Å². The van der Waals surface area contributed by atoms with Crippen LogP contribution in [0, 0.1) is 10.1 Å². The Kier molecular flexibility index (Phi) is 6.41. The summed E-state index contributed by atoms with van der Waals surface area (Å²) < 4.78 is 10.5. The summed E-state index contributed by atoms with van der Waals surface area (Å²) in [6, 6.07) is 9.04. The topological polar surface area (TPSA) is 90.7 Å². The molecule has 1 atom stereocenters. The van der Waals surface area contributed by atoms with Crippen LogP contribution in [0.15, 0.2) is 36.4 Å². The molecule has 0 bridgehead atoms. The zero-order chi connectivity index (χ0) is 19.3. The van der Waals surface area contributed by atoms with Crippen molar-refractivity contribution >= 4 is 23.2 Å². The summed E-state index contributed by atoms with van der Waals surface area (Å²) in [5, 5.41) is 13.8. The monoisotopic (exact) mass is 378 g/mol. The first-order chi connectivity index (χ1) is 12.4. The van der Waals surface area contributed by atoms with Gasteiger partial charge in [-0.3, -0.25) is 14.9 Å². The lowest BCUT2D eigenvalue weighted by Gasteiger charge is -2.19. The lowest BCUT2D eigenvalue weighted by atomic mass is 10.0. The van der Waals surface area contributed by atoms with E-state index in [1.807, 2.05) is 13.0 Å². The molecule has 8 heteroatoms. The third kappa shape index (κ3) is 4.23. The molecule has 7 nitrogen and oxygen atoms in total. The van der Waals surface area contributed by atoms with Gasteiger partial charge < -0.3 is 14.8 Å². The van der Waals surface area contributed by atoms with E-state index < -0.39 is 10.8 Å². The van der Waals surface area contributed by atoms with Gasteiger partial charge in [-0.25, -0.2) is 0 Å². The van der Waals surface area contributed by atoms with E-state index in [1.54, 1.807) is 19.2 Å². The van der Waals surface area contributed by atoms with Gasteiger partial charge in [-0.1, -0.05) is 24.6 Å². The molecule has 0 heterocycles. The molecule has 1 N–H and O–H groups in total. The molecule has 0 aliphatic carbocycles. The van der Waals surface area contributed by atoms with Crippen LogP contribution in [0.5, 0.6) is 11.5 Å². The van der Waals surface area contributed by atoms with Gasteiger partial charge in [0.1, 0.15) is 5.02 Å². The minimum absolute atomic E-state index is 0.0153. The van der Waals surface area contributed by atoms with Crippen LogP contribution in [0.3, 0.4) is 0 Å². The molecule has 2 aromatic carbocycles. The van der Waals surface area contributed by atoms with Gasteiger partial charge in [0.15, 0.2) is 11.5 Å². The van der Waals surface area contributed by atoms with E-state index in [2.05, 4.69) is 5.32 Å². The number of nitro benzene ring substituents is 1. The number of halogens is 1. The van der Waals surface area contributed by atoms with Crippen molar-refractivity contribution in [2.45, 2.75) is 19.4 Å². The maximum absolute atomic E-state index is 12.5. The molecule has 0 aromatic heterocycles. The normalized spacial score (nSPS) is 11.5. The number of hydrogen-bond acceptors (Lipinski definition) is 5. The molecule has 0 unspecified atom stereocenters. The highest BCUT2D eigenvalue weighted by molar-refractivity contribution is 6.32. The molecule has 0 saturated carbocycles. The van der Waals surface area contributed by atoms with Gasteiger partial charge >= 0.3 is 0 Å². The standard InChI is InChI=1S/C18H19ClN2O5/c1-4-14(11-6-8-16(25-2)17(10-11)26-3)20-18(22)12-5-7-13(19)15(9-12)21(23)24/h5-10,14H,4H2,1-3H3,(H,20,22)/t14-/m0/s1. The molecule has 0 aliphatic rings. The number of benzene rings is 2. The van der Waals surface area contributed by atoms with E-state index in [1.165, 1.54) is 25.3 Å². The quantitative estimate of drug-likeness (QED) is 0.577.